The lowest BCUT2D eigenvalue weighted by atomic mass is 9.99. The molecule has 1 aromatic heterocycles. The van der Waals surface area contributed by atoms with Gasteiger partial charge in [0.2, 0.25) is 0 Å². The molecule has 3 aliphatic rings. The van der Waals surface area contributed by atoms with Crippen LogP contribution in [0.1, 0.15) is 63.2 Å². The lowest BCUT2D eigenvalue weighted by molar-refractivity contribution is 0.0734. The molecule has 35 heavy (non-hydrogen) atoms. The normalized spacial score (nSPS) is 18.4. The molecule has 1 aliphatic carbocycles. The van der Waals surface area contributed by atoms with Crippen LogP contribution in [0.3, 0.4) is 0 Å². The quantitative estimate of drug-likeness (QED) is 0.540. The van der Waals surface area contributed by atoms with E-state index in [4.69, 9.17) is 0 Å². The predicted molar refractivity (Wildman–Crippen MR) is 132 cm³/mol. The molecule has 3 N–H and O–H groups in total. The Labute approximate surface area is 204 Å². The highest BCUT2D eigenvalue weighted by atomic mass is 16.3. The van der Waals surface area contributed by atoms with Gasteiger partial charge in [0.15, 0.2) is 0 Å². The van der Waals surface area contributed by atoms with Gasteiger partial charge in [-0.1, -0.05) is 31.7 Å². The highest BCUT2D eigenvalue weighted by Gasteiger charge is 2.29. The van der Waals surface area contributed by atoms with Gasteiger partial charge in [0, 0.05) is 56.3 Å². The van der Waals surface area contributed by atoms with Crippen LogP contribution in [0.4, 0.5) is 0 Å². The Morgan fingerprint density at radius 3 is 2.54 bits per heavy atom. The average molecular weight is 474 g/mol. The van der Waals surface area contributed by atoms with E-state index in [1.54, 1.807) is 17.0 Å². The third-order valence-corrected chi connectivity index (χ3v) is 7.81. The Morgan fingerprint density at radius 1 is 0.971 bits per heavy atom. The van der Waals surface area contributed by atoms with E-state index in [9.17, 15) is 14.7 Å². The molecule has 3 aromatic rings. The number of rotatable bonds is 4. The SMILES string of the molecule is O=C(c1ccc2c(c1)CN(C(=O)c1cc3c(CC4CCCC4)n[nH]c3cc1O)C2)N1CCNCC1. The summed E-state index contributed by atoms with van der Waals surface area (Å²) in [7, 11) is 0. The van der Waals surface area contributed by atoms with E-state index in [1.165, 1.54) is 25.7 Å². The van der Waals surface area contributed by atoms with E-state index >= 15 is 0 Å². The van der Waals surface area contributed by atoms with Crippen LogP contribution < -0.4 is 5.32 Å². The first-order valence-corrected chi connectivity index (χ1v) is 12.7. The number of nitrogens with zero attached hydrogens (tertiary/aromatic N) is 3. The molecule has 2 fully saturated rings. The number of carbonyl (C=O) groups excluding carboxylic acids is 2. The Bertz CT molecular complexity index is 1290. The van der Waals surface area contributed by atoms with Gasteiger partial charge in [-0.05, 0) is 41.7 Å². The summed E-state index contributed by atoms with van der Waals surface area (Å²) in [6.07, 6.45) is 5.90. The number of aromatic nitrogens is 2. The number of hydrogen-bond acceptors (Lipinski definition) is 5. The zero-order valence-corrected chi connectivity index (χ0v) is 19.8. The van der Waals surface area contributed by atoms with Crippen LogP contribution in [0, 0.1) is 5.92 Å². The van der Waals surface area contributed by atoms with Gasteiger partial charge in [-0.15, -0.1) is 0 Å². The summed E-state index contributed by atoms with van der Waals surface area (Å²) in [5.74, 6) is 0.435. The second kappa shape index (κ2) is 9.00. The summed E-state index contributed by atoms with van der Waals surface area (Å²) in [5, 5.41) is 22.4. The summed E-state index contributed by atoms with van der Waals surface area (Å²) in [6.45, 7) is 3.93. The van der Waals surface area contributed by atoms with Gasteiger partial charge in [0.1, 0.15) is 5.75 Å². The fourth-order valence-electron chi connectivity index (χ4n) is 5.81. The minimum Gasteiger partial charge on any atom is -0.507 e. The maximum Gasteiger partial charge on any atom is 0.258 e. The number of H-pyrrole nitrogens is 1. The molecular formula is C27H31N5O3. The van der Waals surface area contributed by atoms with Crippen LogP contribution in [0.5, 0.6) is 5.75 Å². The smallest absolute Gasteiger partial charge is 0.258 e. The van der Waals surface area contributed by atoms with Crippen molar-refractivity contribution in [3.05, 3.63) is 58.3 Å². The van der Waals surface area contributed by atoms with Crippen LogP contribution in [-0.2, 0) is 19.5 Å². The molecule has 182 valence electrons. The number of nitrogens with one attached hydrogen (secondary N) is 2. The number of benzene rings is 2. The van der Waals surface area contributed by atoms with Crippen molar-refractivity contribution >= 4 is 22.7 Å². The third-order valence-electron chi connectivity index (χ3n) is 7.81. The van der Waals surface area contributed by atoms with Crippen LogP contribution in [-0.4, -0.2) is 63.1 Å². The second-order valence-corrected chi connectivity index (χ2v) is 10.1. The van der Waals surface area contributed by atoms with Gasteiger partial charge in [-0.25, -0.2) is 0 Å². The number of aromatic amines is 1. The Hall–Kier alpha value is -3.39. The lowest BCUT2D eigenvalue weighted by Gasteiger charge is -2.27. The van der Waals surface area contributed by atoms with Gasteiger partial charge in [0.25, 0.3) is 11.8 Å². The fraction of sp³-hybridized carbons (Fsp3) is 0.444. The number of phenols is 1. The summed E-state index contributed by atoms with van der Waals surface area (Å²) in [4.78, 5) is 30.0. The molecule has 0 radical (unpaired) electrons. The Morgan fingerprint density at radius 2 is 1.74 bits per heavy atom. The maximum absolute atomic E-state index is 13.5. The number of carbonyl (C=O) groups is 2. The highest BCUT2D eigenvalue weighted by molar-refractivity contribution is 6.01. The number of piperazine rings is 1. The van der Waals surface area contributed by atoms with E-state index in [2.05, 4.69) is 15.5 Å². The van der Waals surface area contributed by atoms with Gasteiger partial charge in [-0.3, -0.25) is 14.7 Å². The van der Waals surface area contributed by atoms with Gasteiger partial charge < -0.3 is 20.2 Å². The van der Waals surface area contributed by atoms with Crippen LogP contribution in [0.2, 0.25) is 0 Å². The van der Waals surface area contributed by atoms with E-state index in [-0.39, 0.29) is 17.6 Å². The lowest BCUT2D eigenvalue weighted by Crippen LogP contribution is -2.46. The van der Waals surface area contributed by atoms with Crippen molar-refractivity contribution in [2.24, 2.45) is 5.92 Å². The zero-order valence-electron chi connectivity index (χ0n) is 19.8. The Balaban J connectivity index is 1.22. The first kappa shape index (κ1) is 22.1. The second-order valence-electron chi connectivity index (χ2n) is 10.1. The third kappa shape index (κ3) is 4.16. The molecule has 0 unspecified atom stereocenters. The maximum atomic E-state index is 13.5. The van der Waals surface area contributed by atoms with Gasteiger partial charge >= 0.3 is 0 Å². The molecule has 2 aromatic carbocycles. The monoisotopic (exact) mass is 473 g/mol. The number of aromatic hydroxyl groups is 1. The molecule has 2 aliphatic heterocycles. The van der Waals surface area contributed by atoms with Crippen molar-refractivity contribution in [1.29, 1.82) is 0 Å². The van der Waals surface area contributed by atoms with Gasteiger partial charge in [0.05, 0.1) is 16.8 Å². The average Bonchev–Trinajstić information content (AvgIpc) is 3.63. The molecule has 8 nitrogen and oxygen atoms in total. The van der Waals surface area contributed by atoms with Crippen LogP contribution in [0.15, 0.2) is 30.3 Å². The van der Waals surface area contributed by atoms with E-state index < -0.39 is 0 Å². The molecule has 0 atom stereocenters. The fourth-order valence-corrected chi connectivity index (χ4v) is 5.81. The Kier molecular flexibility index (Phi) is 5.68. The summed E-state index contributed by atoms with van der Waals surface area (Å²) >= 11 is 0. The summed E-state index contributed by atoms with van der Waals surface area (Å²) < 4.78 is 0. The zero-order chi connectivity index (χ0) is 23.9. The van der Waals surface area contributed by atoms with E-state index in [0.29, 0.717) is 43.2 Å². The minimum atomic E-state index is -0.205. The topological polar surface area (TPSA) is 102 Å². The number of fused-ring (bicyclic) bond motifs is 2. The standard InChI is InChI=1S/C27H31N5O3/c33-25-14-24-21(23(29-30-24)11-17-3-1-2-4-17)13-22(25)27(35)32-15-19-6-5-18(12-20(19)16-32)26(34)31-9-7-28-8-10-31/h5-6,12-14,17,28,33H,1-4,7-11,15-16H2,(H,29,30). The molecule has 1 saturated carbocycles. The van der Waals surface area contributed by atoms with Crippen molar-refractivity contribution < 1.29 is 14.7 Å². The number of amides is 2. The summed E-state index contributed by atoms with van der Waals surface area (Å²) in [5.41, 5.74) is 4.73. The van der Waals surface area contributed by atoms with Gasteiger partial charge in [-0.2, -0.15) is 5.10 Å². The first-order chi connectivity index (χ1) is 17.1. The summed E-state index contributed by atoms with van der Waals surface area (Å²) in [6, 6.07) is 9.15. The van der Waals surface area contributed by atoms with Crippen LogP contribution in [0.25, 0.3) is 10.9 Å². The van der Waals surface area contributed by atoms with E-state index in [1.807, 2.05) is 23.1 Å². The highest BCUT2D eigenvalue weighted by Crippen LogP contribution is 2.33. The molecule has 0 spiro atoms. The minimum absolute atomic E-state index is 0.0379. The van der Waals surface area contributed by atoms with Crippen molar-refractivity contribution in [2.45, 2.75) is 45.2 Å². The molecule has 1 saturated heterocycles. The largest absolute Gasteiger partial charge is 0.507 e. The van der Waals surface area contributed by atoms with E-state index in [0.717, 1.165) is 47.2 Å². The molecular weight excluding hydrogens is 442 g/mol. The van der Waals surface area contributed by atoms with Crippen molar-refractivity contribution in [3.8, 4) is 5.75 Å². The van der Waals surface area contributed by atoms with Crippen molar-refractivity contribution in [1.82, 2.24) is 25.3 Å². The molecule has 2 amide bonds. The molecule has 6 rings (SSSR count). The molecule has 8 heteroatoms. The molecule has 3 heterocycles. The number of phenolic OH excluding ortho intramolecular Hbond substituents is 1. The first-order valence-electron chi connectivity index (χ1n) is 12.7. The number of hydrogen-bond donors (Lipinski definition) is 3. The predicted octanol–water partition coefficient (Wildman–Crippen LogP) is 3.20. The molecule has 0 bridgehead atoms. The van der Waals surface area contributed by atoms with Crippen molar-refractivity contribution in [2.75, 3.05) is 26.2 Å². The van der Waals surface area contributed by atoms with Crippen molar-refractivity contribution in [3.63, 3.8) is 0 Å². The van der Waals surface area contributed by atoms with Crippen LogP contribution >= 0.6 is 0 Å².